The number of aromatic nitrogens is 2. The molecule has 6 nitrogen and oxygen atoms in total. The maximum atomic E-state index is 14.3. The molecule has 0 saturated heterocycles. The monoisotopic (exact) mass is 309 g/mol. The van der Waals surface area contributed by atoms with Gasteiger partial charge >= 0.3 is 6.01 Å². The molecule has 0 fully saturated rings. The lowest BCUT2D eigenvalue weighted by Gasteiger charge is -2.10. The number of hydrogen-bond donors (Lipinski definition) is 2. The van der Waals surface area contributed by atoms with Gasteiger partial charge in [0.05, 0.1) is 23.1 Å². The van der Waals surface area contributed by atoms with Crippen molar-refractivity contribution in [3.05, 3.63) is 47.4 Å². The van der Waals surface area contributed by atoms with Gasteiger partial charge in [0.1, 0.15) is 0 Å². The first-order valence-corrected chi connectivity index (χ1v) is 6.20. The second-order valence-corrected chi connectivity index (χ2v) is 4.46. The number of amides is 1. The fraction of sp³-hybridized carbons (Fsp3) is 0.0769. The summed E-state index contributed by atoms with van der Waals surface area (Å²) in [5, 5.41) is 0.0455. The molecule has 4 N–H and O–H groups in total. The Kier molecular flexibility index (Phi) is 4.54. The summed E-state index contributed by atoms with van der Waals surface area (Å²) in [6.07, 6.45) is 3.87. The van der Waals surface area contributed by atoms with E-state index in [-0.39, 0.29) is 28.8 Å². The largest absolute Gasteiger partial charge is 0.420 e. The minimum absolute atomic E-state index is 0.0455. The molecule has 0 atom stereocenters. The molecule has 0 aliphatic heterocycles. The minimum Gasteiger partial charge on any atom is -0.420 e. The number of hydrogen-bond acceptors (Lipinski definition) is 5. The third-order valence-electron chi connectivity index (χ3n) is 2.44. The number of carbonyl (C=O) groups excluding carboxylic acids is 1. The molecule has 21 heavy (non-hydrogen) atoms. The summed E-state index contributed by atoms with van der Waals surface area (Å²) < 4.78 is 19.5. The number of benzene rings is 1. The van der Waals surface area contributed by atoms with Crippen LogP contribution in [-0.4, -0.2) is 15.9 Å². The first-order valence-electron chi connectivity index (χ1n) is 5.82. The third kappa shape index (κ3) is 3.79. The lowest BCUT2D eigenvalue weighted by molar-refractivity contribution is -0.117. The van der Waals surface area contributed by atoms with E-state index in [1.54, 1.807) is 0 Å². The van der Waals surface area contributed by atoms with Gasteiger partial charge in [0.2, 0.25) is 5.91 Å². The number of nitrogen functional groups attached to an aromatic ring is 1. The molecule has 0 unspecified atom stereocenters. The van der Waals surface area contributed by atoms with E-state index in [1.165, 1.54) is 30.9 Å². The molecular formula is C13H11ClFN4O2. The zero-order valence-electron chi connectivity index (χ0n) is 10.7. The van der Waals surface area contributed by atoms with Gasteiger partial charge in [0, 0.05) is 12.8 Å². The van der Waals surface area contributed by atoms with Crippen molar-refractivity contribution in [3.8, 4) is 11.8 Å². The van der Waals surface area contributed by atoms with Crippen molar-refractivity contribution in [1.82, 2.24) is 9.97 Å². The van der Waals surface area contributed by atoms with E-state index in [1.807, 2.05) is 0 Å². The van der Waals surface area contributed by atoms with Crippen LogP contribution in [0.25, 0.3) is 0 Å². The van der Waals surface area contributed by atoms with Crippen LogP contribution in [0.1, 0.15) is 12.0 Å². The fourth-order valence-electron chi connectivity index (χ4n) is 1.48. The van der Waals surface area contributed by atoms with Gasteiger partial charge in [0.25, 0.3) is 0 Å². The molecular weight excluding hydrogens is 299 g/mol. The smallest absolute Gasteiger partial charge is 0.322 e. The van der Waals surface area contributed by atoms with E-state index in [0.29, 0.717) is 5.69 Å². The minimum atomic E-state index is -0.732. The van der Waals surface area contributed by atoms with Gasteiger partial charge in [-0.3, -0.25) is 4.79 Å². The van der Waals surface area contributed by atoms with Gasteiger partial charge in [-0.25, -0.2) is 14.4 Å². The van der Waals surface area contributed by atoms with Gasteiger partial charge in [-0.15, -0.1) is 0 Å². The van der Waals surface area contributed by atoms with E-state index in [4.69, 9.17) is 27.8 Å². The van der Waals surface area contributed by atoms with Crippen LogP contribution in [-0.2, 0) is 4.79 Å². The Morgan fingerprint density at radius 1 is 1.38 bits per heavy atom. The van der Waals surface area contributed by atoms with E-state index in [9.17, 15) is 9.18 Å². The topological polar surface area (TPSA) is 104 Å². The number of carbonyl (C=O) groups is 1. The molecule has 1 heterocycles. The van der Waals surface area contributed by atoms with Crippen LogP contribution in [0.3, 0.4) is 0 Å². The van der Waals surface area contributed by atoms with Crippen molar-refractivity contribution in [3.63, 3.8) is 0 Å². The van der Waals surface area contributed by atoms with Crippen LogP contribution in [0.5, 0.6) is 11.8 Å². The highest BCUT2D eigenvalue weighted by molar-refractivity contribution is 6.32. The Bertz CT molecular complexity index is 664. The van der Waals surface area contributed by atoms with Crippen molar-refractivity contribution in [2.45, 2.75) is 6.42 Å². The Labute approximate surface area is 124 Å². The number of rotatable bonds is 5. The molecule has 1 aromatic carbocycles. The summed E-state index contributed by atoms with van der Waals surface area (Å²) in [5.41, 5.74) is 10.9. The van der Waals surface area contributed by atoms with Crippen molar-refractivity contribution in [1.29, 1.82) is 0 Å². The molecule has 0 bridgehead atoms. The summed E-state index contributed by atoms with van der Waals surface area (Å²) >= 11 is 5.89. The highest BCUT2D eigenvalue weighted by Crippen LogP contribution is 2.33. The Morgan fingerprint density at radius 3 is 2.67 bits per heavy atom. The molecule has 0 aliphatic rings. The Morgan fingerprint density at radius 2 is 2.05 bits per heavy atom. The maximum Gasteiger partial charge on any atom is 0.322 e. The normalized spacial score (nSPS) is 10.4. The highest BCUT2D eigenvalue weighted by Gasteiger charge is 2.16. The van der Waals surface area contributed by atoms with E-state index in [0.717, 1.165) is 0 Å². The zero-order chi connectivity index (χ0) is 15.4. The molecule has 0 aliphatic carbocycles. The molecule has 1 amide bonds. The van der Waals surface area contributed by atoms with E-state index in [2.05, 4.69) is 9.97 Å². The SMILES string of the molecule is NC(=O)C[CH]c1ccc(Cl)c(Oc2ncc(N)cn2)c1F. The van der Waals surface area contributed by atoms with Gasteiger partial charge < -0.3 is 16.2 Å². The average Bonchev–Trinajstić information content (AvgIpc) is 2.44. The Hall–Kier alpha value is -2.41. The van der Waals surface area contributed by atoms with Crippen LogP contribution < -0.4 is 16.2 Å². The van der Waals surface area contributed by atoms with Crippen LogP contribution in [0.15, 0.2) is 24.5 Å². The summed E-state index contributed by atoms with van der Waals surface area (Å²) in [4.78, 5) is 18.3. The molecule has 1 aromatic heterocycles. The summed E-state index contributed by atoms with van der Waals surface area (Å²) in [7, 11) is 0. The van der Waals surface area contributed by atoms with Crippen molar-refractivity contribution in [2.24, 2.45) is 5.73 Å². The standard InChI is InChI=1S/C13H11ClFN4O2/c14-9-3-1-7(2-4-10(17)20)11(15)12(9)21-13-18-5-8(16)6-19-13/h1-3,5-6H,4,16H2,(H2,17,20). The number of anilines is 1. The summed E-state index contributed by atoms with van der Waals surface area (Å²) in [5.74, 6) is -1.54. The second-order valence-electron chi connectivity index (χ2n) is 4.06. The van der Waals surface area contributed by atoms with Crippen molar-refractivity contribution >= 4 is 23.2 Å². The van der Waals surface area contributed by atoms with E-state index >= 15 is 0 Å². The highest BCUT2D eigenvalue weighted by atomic mass is 35.5. The molecule has 0 spiro atoms. The molecule has 8 heteroatoms. The third-order valence-corrected chi connectivity index (χ3v) is 2.74. The number of nitrogens with two attached hydrogens (primary N) is 2. The predicted molar refractivity (Wildman–Crippen MR) is 75.1 cm³/mol. The van der Waals surface area contributed by atoms with Crippen LogP contribution in [0, 0.1) is 12.2 Å². The number of halogens is 2. The quantitative estimate of drug-likeness (QED) is 0.879. The second kappa shape index (κ2) is 6.36. The lowest BCUT2D eigenvalue weighted by atomic mass is 10.1. The van der Waals surface area contributed by atoms with Gasteiger partial charge in [-0.2, -0.15) is 0 Å². The fourth-order valence-corrected chi connectivity index (χ4v) is 1.66. The molecule has 1 radical (unpaired) electrons. The molecule has 0 saturated carbocycles. The molecule has 109 valence electrons. The van der Waals surface area contributed by atoms with Crippen molar-refractivity contribution < 1.29 is 13.9 Å². The summed E-state index contributed by atoms with van der Waals surface area (Å²) in [6, 6.07) is 2.75. The van der Waals surface area contributed by atoms with Crippen molar-refractivity contribution in [2.75, 3.05) is 5.73 Å². The molecule has 2 rings (SSSR count). The van der Waals surface area contributed by atoms with Gasteiger partial charge in [-0.1, -0.05) is 17.7 Å². The average molecular weight is 310 g/mol. The number of ether oxygens (including phenoxy) is 1. The molecule has 2 aromatic rings. The van der Waals surface area contributed by atoms with Gasteiger partial charge in [-0.05, 0) is 11.6 Å². The zero-order valence-corrected chi connectivity index (χ0v) is 11.5. The van der Waals surface area contributed by atoms with Crippen LogP contribution in [0.4, 0.5) is 10.1 Å². The summed E-state index contributed by atoms with van der Waals surface area (Å²) in [6.45, 7) is 0. The van der Waals surface area contributed by atoms with Crippen LogP contribution in [0.2, 0.25) is 5.02 Å². The first-order chi connectivity index (χ1) is 9.97. The maximum absolute atomic E-state index is 14.3. The predicted octanol–water partition coefficient (Wildman–Crippen LogP) is 2.07. The van der Waals surface area contributed by atoms with Gasteiger partial charge in [0.15, 0.2) is 11.6 Å². The first kappa shape index (κ1) is 15.0. The number of primary amides is 1. The van der Waals surface area contributed by atoms with Crippen LogP contribution >= 0.6 is 11.6 Å². The Balaban J connectivity index is 2.27. The lowest BCUT2D eigenvalue weighted by Crippen LogP contribution is -2.10. The number of nitrogens with zero attached hydrogens (tertiary/aromatic N) is 2. The van der Waals surface area contributed by atoms with E-state index < -0.39 is 11.7 Å².